The average molecular weight is 558 g/mol. The number of carbonyl (C=O) groups is 1. The molecule has 36 heavy (non-hydrogen) atoms. The van der Waals surface area contributed by atoms with Crippen LogP contribution in [0.4, 0.5) is 0 Å². The molecule has 1 aliphatic carbocycles. The Morgan fingerprint density at radius 2 is 1.72 bits per heavy atom. The number of methoxy groups -OCH3 is 1. The maximum absolute atomic E-state index is 12.7. The van der Waals surface area contributed by atoms with Gasteiger partial charge in [0.15, 0.2) is 11.5 Å². The zero-order chi connectivity index (χ0) is 26.2. The third kappa shape index (κ3) is 8.26. The van der Waals surface area contributed by atoms with E-state index in [2.05, 4.69) is 10.0 Å². The van der Waals surface area contributed by atoms with E-state index in [4.69, 9.17) is 32.7 Å². The van der Waals surface area contributed by atoms with Crippen LogP contribution in [-0.4, -0.2) is 39.3 Å². The van der Waals surface area contributed by atoms with Crippen molar-refractivity contribution in [1.29, 1.82) is 0 Å². The molecular weight excluding hydrogens is 523 g/mol. The van der Waals surface area contributed by atoms with Gasteiger partial charge < -0.3 is 14.8 Å². The van der Waals surface area contributed by atoms with Crippen LogP contribution in [-0.2, 0) is 27.8 Å². The molecular formula is C26H34Cl2N2O5S. The summed E-state index contributed by atoms with van der Waals surface area (Å²) in [5, 5.41) is 3.91. The highest BCUT2D eigenvalue weighted by Gasteiger charge is 2.37. The van der Waals surface area contributed by atoms with Crippen LogP contribution >= 0.6 is 23.2 Å². The molecule has 1 amide bonds. The van der Waals surface area contributed by atoms with Crippen LogP contribution in [0, 0.1) is 0 Å². The van der Waals surface area contributed by atoms with Gasteiger partial charge in [-0.15, -0.1) is 0 Å². The molecule has 2 aromatic carbocycles. The molecule has 198 valence electrons. The number of hydrogen-bond donors (Lipinski definition) is 2. The second kappa shape index (κ2) is 13.0. The maximum Gasteiger partial charge on any atom is 0.221 e. The van der Waals surface area contributed by atoms with Crippen molar-refractivity contribution in [1.82, 2.24) is 10.0 Å². The third-order valence-corrected chi connectivity index (χ3v) is 8.65. The Bertz CT molecular complexity index is 1150. The Morgan fingerprint density at radius 1 is 1.00 bits per heavy atom. The van der Waals surface area contributed by atoms with E-state index in [0.29, 0.717) is 54.0 Å². The topological polar surface area (TPSA) is 93.7 Å². The molecule has 10 heteroatoms. The van der Waals surface area contributed by atoms with Gasteiger partial charge in [-0.25, -0.2) is 13.1 Å². The van der Waals surface area contributed by atoms with Gasteiger partial charge in [-0.3, -0.25) is 4.79 Å². The number of carbonyl (C=O) groups excluding carboxylic acids is 1. The summed E-state index contributed by atoms with van der Waals surface area (Å²) in [5.74, 6) is 1.04. The zero-order valence-corrected chi connectivity index (χ0v) is 23.1. The largest absolute Gasteiger partial charge is 0.493 e. The van der Waals surface area contributed by atoms with Gasteiger partial charge in [-0.05, 0) is 61.6 Å². The number of ether oxygens (including phenoxy) is 2. The van der Waals surface area contributed by atoms with Crippen molar-refractivity contribution >= 4 is 39.1 Å². The average Bonchev–Trinajstić information content (AvgIpc) is 2.85. The van der Waals surface area contributed by atoms with E-state index in [0.717, 1.165) is 30.4 Å². The van der Waals surface area contributed by atoms with Crippen molar-refractivity contribution < 1.29 is 22.7 Å². The van der Waals surface area contributed by atoms with Gasteiger partial charge in [-0.2, -0.15) is 0 Å². The van der Waals surface area contributed by atoms with Crippen molar-refractivity contribution in [2.45, 2.75) is 64.0 Å². The molecule has 0 spiro atoms. The molecule has 1 fully saturated rings. The summed E-state index contributed by atoms with van der Waals surface area (Å²) in [5.41, 5.74) is 1.18. The molecule has 0 heterocycles. The summed E-state index contributed by atoms with van der Waals surface area (Å²) in [4.78, 5) is 12.7. The summed E-state index contributed by atoms with van der Waals surface area (Å²) >= 11 is 12.0. The molecule has 0 aliphatic heterocycles. The Hall–Kier alpha value is -2.00. The molecule has 0 bridgehead atoms. The summed E-state index contributed by atoms with van der Waals surface area (Å²) in [6.07, 6.45) is 5.00. The third-order valence-electron chi connectivity index (χ3n) is 6.40. The summed E-state index contributed by atoms with van der Waals surface area (Å²) in [7, 11) is -1.82. The fourth-order valence-electron chi connectivity index (χ4n) is 4.44. The second-order valence-corrected chi connectivity index (χ2v) is 12.0. The first-order valence-corrected chi connectivity index (χ1v) is 14.6. The number of amides is 1. The van der Waals surface area contributed by atoms with Gasteiger partial charge in [0.25, 0.3) is 0 Å². The highest BCUT2D eigenvalue weighted by molar-refractivity contribution is 7.89. The van der Waals surface area contributed by atoms with Gasteiger partial charge in [0.1, 0.15) is 6.61 Å². The number of halogens is 2. The SMILES string of the molecule is CCS(=O)(=O)NC1(CC(=O)NCCc2ccc(OCc3ccc(Cl)c(Cl)c3)c(OC)c2)CCCCC1. The van der Waals surface area contributed by atoms with Crippen molar-refractivity contribution in [3.63, 3.8) is 0 Å². The van der Waals surface area contributed by atoms with Gasteiger partial charge in [0.2, 0.25) is 15.9 Å². The monoisotopic (exact) mass is 556 g/mol. The smallest absolute Gasteiger partial charge is 0.221 e. The van der Waals surface area contributed by atoms with Crippen LogP contribution in [0.25, 0.3) is 0 Å². The number of sulfonamides is 1. The Labute approximate surface area is 223 Å². The lowest BCUT2D eigenvalue weighted by Gasteiger charge is -2.37. The van der Waals surface area contributed by atoms with Crippen LogP contribution in [0.2, 0.25) is 10.0 Å². The van der Waals surface area contributed by atoms with Crippen LogP contribution in [0.3, 0.4) is 0 Å². The molecule has 1 aliphatic rings. The van der Waals surface area contributed by atoms with Gasteiger partial charge in [0, 0.05) is 18.5 Å². The van der Waals surface area contributed by atoms with E-state index in [1.165, 1.54) is 0 Å². The Morgan fingerprint density at radius 3 is 2.39 bits per heavy atom. The van der Waals surface area contributed by atoms with Crippen LogP contribution in [0.5, 0.6) is 11.5 Å². The van der Waals surface area contributed by atoms with Crippen molar-refractivity contribution in [2.24, 2.45) is 0 Å². The van der Waals surface area contributed by atoms with E-state index < -0.39 is 15.6 Å². The van der Waals surface area contributed by atoms with Gasteiger partial charge >= 0.3 is 0 Å². The maximum atomic E-state index is 12.7. The zero-order valence-electron chi connectivity index (χ0n) is 20.7. The Kier molecular flexibility index (Phi) is 10.3. The predicted molar refractivity (Wildman–Crippen MR) is 144 cm³/mol. The minimum Gasteiger partial charge on any atom is -0.493 e. The molecule has 3 rings (SSSR count). The first-order valence-electron chi connectivity index (χ1n) is 12.2. The molecule has 0 saturated heterocycles. The van der Waals surface area contributed by atoms with E-state index in [-0.39, 0.29) is 18.1 Å². The number of nitrogens with one attached hydrogen (secondary N) is 2. The predicted octanol–water partition coefficient (Wildman–Crippen LogP) is 5.27. The lowest BCUT2D eigenvalue weighted by Crippen LogP contribution is -2.52. The van der Waals surface area contributed by atoms with Gasteiger partial charge in [-0.1, -0.05) is 54.6 Å². The highest BCUT2D eigenvalue weighted by atomic mass is 35.5. The molecule has 7 nitrogen and oxygen atoms in total. The molecule has 1 saturated carbocycles. The minimum absolute atomic E-state index is 0.00531. The van der Waals surface area contributed by atoms with E-state index in [9.17, 15) is 13.2 Å². The van der Waals surface area contributed by atoms with E-state index in [1.54, 1.807) is 26.2 Å². The fourth-order valence-corrected chi connectivity index (χ4v) is 5.84. The number of benzene rings is 2. The molecule has 0 aromatic heterocycles. The summed E-state index contributed by atoms with van der Waals surface area (Å²) < 4.78 is 38.6. The normalized spacial score (nSPS) is 15.3. The van der Waals surface area contributed by atoms with Crippen LogP contribution in [0.15, 0.2) is 36.4 Å². The number of hydrogen-bond acceptors (Lipinski definition) is 5. The quantitative estimate of drug-likeness (QED) is 0.371. The fraction of sp³-hybridized carbons (Fsp3) is 0.500. The van der Waals surface area contributed by atoms with Crippen molar-refractivity contribution in [3.05, 3.63) is 57.6 Å². The van der Waals surface area contributed by atoms with E-state index in [1.807, 2.05) is 24.3 Å². The lowest BCUT2D eigenvalue weighted by molar-refractivity contribution is -0.122. The second-order valence-electron chi connectivity index (χ2n) is 9.15. The first-order chi connectivity index (χ1) is 17.1. The molecule has 2 N–H and O–H groups in total. The first kappa shape index (κ1) is 28.6. The summed E-state index contributed by atoms with van der Waals surface area (Å²) in [6.45, 7) is 2.35. The van der Waals surface area contributed by atoms with Crippen LogP contribution < -0.4 is 19.5 Å². The minimum atomic E-state index is -3.39. The standard InChI is InChI=1S/C26H34Cl2N2O5S/c1-3-36(32,33)30-26(12-5-4-6-13-26)17-25(31)29-14-11-19-8-10-23(24(16-19)34-2)35-18-20-7-9-21(27)22(28)15-20/h7-10,15-16,30H,3-6,11-14,17-18H2,1-2H3,(H,29,31). The van der Waals surface area contributed by atoms with Crippen molar-refractivity contribution in [3.8, 4) is 11.5 Å². The number of rotatable bonds is 12. The molecule has 0 radical (unpaired) electrons. The van der Waals surface area contributed by atoms with Crippen LogP contribution in [0.1, 0.15) is 56.6 Å². The van der Waals surface area contributed by atoms with Gasteiger partial charge in [0.05, 0.1) is 22.9 Å². The summed E-state index contributed by atoms with van der Waals surface area (Å²) in [6, 6.07) is 11.0. The lowest BCUT2D eigenvalue weighted by atomic mass is 9.80. The highest BCUT2D eigenvalue weighted by Crippen LogP contribution is 2.32. The molecule has 2 aromatic rings. The Balaban J connectivity index is 1.54. The van der Waals surface area contributed by atoms with E-state index >= 15 is 0 Å². The molecule has 0 atom stereocenters. The van der Waals surface area contributed by atoms with Crippen molar-refractivity contribution in [2.75, 3.05) is 19.4 Å². The molecule has 0 unspecified atom stereocenters.